The number of nitrogens with zero attached hydrogens (tertiary/aromatic N) is 3. The molecule has 0 radical (unpaired) electrons. The third kappa shape index (κ3) is 4.50. The summed E-state index contributed by atoms with van der Waals surface area (Å²) in [6.07, 6.45) is -0.425. The number of nitriles is 2. The van der Waals surface area contributed by atoms with E-state index in [4.69, 9.17) is 15.3 Å². The van der Waals surface area contributed by atoms with E-state index in [1.54, 1.807) is 36.1 Å². The molecule has 5 nitrogen and oxygen atoms in total. The molecule has 0 heterocycles. The highest BCUT2D eigenvalue weighted by molar-refractivity contribution is 5.81. The molecule has 1 aromatic rings. The van der Waals surface area contributed by atoms with E-state index in [0.29, 0.717) is 17.9 Å². The second kappa shape index (κ2) is 7.91. The van der Waals surface area contributed by atoms with Gasteiger partial charge in [-0.25, -0.2) is 0 Å². The molecule has 5 heteroatoms. The fraction of sp³-hybridized carbons (Fsp3) is 0.438. The van der Waals surface area contributed by atoms with E-state index >= 15 is 0 Å². The monoisotopic (exact) mass is 285 g/mol. The Labute approximate surface area is 125 Å². The van der Waals surface area contributed by atoms with Gasteiger partial charge in [0, 0.05) is 12.6 Å². The van der Waals surface area contributed by atoms with Crippen LogP contribution in [0.3, 0.4) is 0 Å². The van der Waals surface area contributed by atoms with Crippen LogP contribution in [-0.2, 0) is 4.79 Å². The van der Waals surface area contributed by atoms with Crippen molar-refractivity contribution in [1.29, 1.82) is 10.5 Å². The molecule has 110 valence electrons. The zero-order valence-corrected chi connectivity index (χ0v) is 12.5. The van der Waals surface area contributed by atoms with Crippen LogP contribution < -0.4 is 4.74 Å². The normalized spacial score (nSPS) is 11.3. The van der Waals surface area contributed by atoms with Crippen LogP contribution in [0.25, 0.3) is 0 Å². The van der Waals surface area contributed by atoms with Gasteiger partial charge in [-0.15, -0.1) is 0 Å². The van der Waals surface area contributed by atoms with Gasteiger partial charge in [-0.1, -0.05) is 12.1 Å². The molecule has 1 aromatic carbocycles. The summed E-state index contributed by atoms with van der Waals surface area (Å²) in [5, 5.41) is 17.7. The molecule has 0 bridgehead atoms. The van der Waals surface area contributed by atoms with Gasteiger partial charge in [0.25, 0.3) is 5.91 Å². The van der Waals surface area contributed by atoms with Crippen LogP contribution in [-0.4, -0.2) is 29.5 Å². The first-order valence-electron chi connectivity index (χ1n) is 6.84. The summed E-state index contributed by atoms with van der Waals surface area (Å²) in [7, 11) is 0. The zero-order chi connectivity index (χ0) is 15.8. The molecule has 0 saturated carbocycles. The van der Waals surface area contributed by atoms with Gasteiger partial charge in [0.15, 0.2) is 6.10 Å². The number of carbonyl (C=O) groups excluding carboxylic acids is 1. The number of hydrogen-bond donors (Lipinski definition) is 0. The molecule has 0 N–H and O–H groups in total. The largest absolute Gasteiger partial charge is 0.480 e. The van der Waals surface area contributed by atoms with Crippen molar-refractivity contribution in [2.24, 2.45) is 0 Å². The van der Waals surface area contributed by atoms with Crippen LogP contribution in [0.4, 0.5) is 0 Å². The van der Waals surface area contributed by atoms with E-state index in [1.807, 2.05) is 26.0 Å². The van der Waals surface area contributed by atoms with Gasteiger partial charge >= 0.3 is 0 Å². The Morgan fingerprint density at radius 2 is 1.95 bits per heavy atom. The van der Waals surface area contributed by atoms with Gasteiger partial charge in [-0.2, -0.15) is 10.5 Å². The number of para-hydroxylation sites is 1. The third-order valence-electron chi connectivity index (χ3n) is 3.03. The van der Waals surface area contributed by atoms with Gasteiger partial charge in [0.2, 0.25) is 0 Å². The van der Waals surface area contributed by atoms with Crippen molar-refractivity contribution in [3.05, 3.63) is 29.8 Å². The molecular formula is C16H19N3O2. The van der Waals surface area contributed by atoms with Gasteiger partial charge in [0.05, 0.1) is 18.1 Å². The summed E-state index contributed by atoms with van der Waals surface area (Å²) in [5.41, 5.74) is 0.394. The van der Waals surface area contributed by atoms with Crippen molar-refractivity contribution in [2.75, 3.05) is 6.54 Å². The smallest absolute Gasteiger partial charge is 0.263 e. The zero-order valence-electron chi connectivity index (χ0n) is 12.5. The van der Waals surface area contributed by atoms with Gasteiger partial charge in [-0.3, -0.25) is 4.79 Å². The van der Waals surface area contributed by atoms with Crippen molar-refractivity contribution in [3.63, 3.8) is 0 Å². The van der Waals surface area contributed by atoms with E-state index < -0.39 is 6.10 Å². The number of ether oxygens (including phenoxy) is 1. The van der Waals surface area contributed by atoms with E-state index in [2.05, 4.69) is 0 Å². The summed E-state index contributed by atoms with van der Waals surface area (Å²) >= 11 is 0. The van der Waals surface area contributed by atoms with Crippen molar-refractivity contribution >= 4 is 5.91 Å². The van der Waals surface area contributed by atoms with Crippen LogP contribution in [0.5, 0.6) is 5.75 Å². The second-order valence-electron chi connectivity index (χ2n) is 4.90. The Hall–Kier alpha value is -2.53. The molecular weight excluding hydrogens is 266 g/mol. The molecule has 0 fully saturated rings. The maximum absolute atomic E-state index is 12.4. The molecule has 21 heavy (non-hydrogen) atoms. The van der Waals surface area contributed by atoms with Gasteiger partial charge in [0.1, 0.15) is 11.8 Å². The Balaban J connectivity index is 2.82. The lowest BCUT2D eigenvalue weighted by atomic mass is 10.2. The van der Waals surface area contributed by atoms with E-state index in [9.17, 15) is 4.79 Å². The van der Waals surface area contributed by atoms with Crippen molar-refractivity contribution in [2.45, 2.75) is 39.3 Å². The van der Waals surface area contributed by atoms with Crippen molar-refractivity contribution in [3.8, 4) is 17.9 Å². The summed E-state index contributed by atoms with van der Waals surface area (Å²) in [6, 6.07) is 10.9. The second-order valence-corrected chi connectivity index (χ2v) is 4.90. The molecule has 0 aliphatic heterocycles. The van der Waals surface area contributed by atoms with E-state index in [1.165, 1.54) is 0 Å². The first-order chi connectivity index (χ1) is 10.0. The van der Waals surface area contributed by atoms with Crippen LogP contribution in [0.2, 0.25) is 0 Å². The minimum absolute atomic E-state index is 0.0110. The molecule has 0 spiro atoms. The molecule has 0 aromatic heterocycles. The van der Waals surface area contributed by atoms with Crippen molar-refractivity contribution in [1.82, 2.24) is 4.90 Å². The summed E-state index contributed by atoms with van der Waals surface area (Å²) in [4.78, 5) is 14.0. The lowest BCUT2D eigenvalue weighted by molar-refractivity contribution is -0.139. The van der Waals surface area contributed by atoms with Crippen LogP contribution in [0.15, 0.2) is 24.3 Å². The molecule has 1 rings (SSSR count). The van der Waals surface area contributed by atoms with E-state index in [0.717, 1.165) is 0 Å². The maximum atomic E-state index is 12.4. The molecule has 0 unspecified atom stereocenters. The van der Waals surface area contributed by atoms with Crippen LogP contribution >= 0.6 is 0 Å². The lowest BCUT2D eigenvalue weighted by Crippen LogP contribution is -2.44. The number of carbonyl (C=O) groups is 1. The summed E-state index contributed by atoms with van der Waals surface area (Å²) in [5.74, 6) is 0.206. The predicted octanol–water partition coefficient (Wildman–Crippen LogP) is 2.48. The Morgan fingerprint density at radius 3 is 2.52 bits per heavy atom. The molecule has 0 aliphatic carbocycles. The molecule has 0 saturated heterocycles. The first-order valence-corrected chi connectivity index (χ1v) is 6.84. The van der Waals surface area contributed by atoms with Crippen molar-refractivity contribution < 1.29 is 9.53 Å². The summed E-state index contributed by atoms with van der Waals surface area (Å²) < 4.78 is 5.61. The Bertz CT molecular complexity index is 570. The standard InChI is InChI=1S/C16H19N3O2/c1-12(2)19(10-6-9-17)16(20)13(3)21-15-8-5-4-7-14(15)11-18/h4-5,7-8,12-13H,6,10H2,1-3H3/t13-/m0/s1. The highest BCUT2D eigenvalue weighted by Crippen LogP contribution is 2.19. The van der Waals surface area contributed by atoms with Crippen LogP contribution in [0.1, 0.15) is 32.8 Å². The highest BCUT2D eigenvalue weighted by Gasteiger charge is 2.24. The number of hydrogen-bond acceptors (Lipinski definition) is 4. The first kappa shape index (κ1) is 16.5. The fourth-order valence-corrected chi connectivity index (χ4v) is 1.93. The van der Waals surface area contributed by atoms with Gasteiger partial charge < -0.3 is 9.64 Å². The maximum Gasteiger partial charge on any atom is 0.263 e. The van der Waals surface area contributed by atoms with E-state index in [-0.39, 0.29) is 18.4 Å². The summed E-state index contributed by atoms with van der Waals surface area (Å²) in [6.45, 7) is 5.81. The minimum Gasteiger partial charge on any atom is -0.480 e. The Kier molecular flexibility index (Phi) is 6.23. The Morgan fingerprint density at radius 1 is 1.29 bits per heavy atom. The topological polar surface area (TPSA) is 77.1 Å². The fourth-order valence-electron chi connectivity index (χ4n) is 1.93. The number of amides is 1. The highest BCUT2D eigenvalue weighted by atomic mass is 16.5. The van der Waals surface area contributed by atoms with Gasteiger partial charge in [-0.05, 0) is 32.9 Å². The SMILES string of the molecule is CC(C)N(CCC#N)C(=O)[C@H](C)Oc1ccccc1C#N. The third-order valence-corrected chi connectivity index (χ3v) is 3.03. The average molecular weight is 285 g/mol. The average Bonchev–Trinajstić information content (AvgIpc) is 2.47. The number of rotatable bonds is 6. The lowest BCUT2D eigenvalue weighted by Gasteiger charge is -2.29. The number of benzene rings is 1. The molecule has 0 aliphatic rings. The minimum atomic E-state index is -0.708. The van der Waals surface area contributed by atoms with Crippen LogP contribution in [0, 0.1) is 22.7 Å². The molecule has 1 amide bonds. The quantitative estimate of drug-likeness (QED) is 0.804. The predicted molar refractivity (Wildman–Crippen MR) is 78.3 cm³/mol. The molecule has 1 atom stereocenters.